The topological polar surface area (TPSA) is 33.3 Å². The summed E-state index contributed by atoms with van der Waals surface area (Å²) in [5.74, 6) is 0.504. The Hall–Kier alpha value is -2.63. The van der Waals surface area contributed by atoms with Gasteiger partial charge in [-0.05, 0) is 71.9 Å². The molecule has 0 fully saturated rings. The van der Waals surface area contributed by atoms with Crippen molar-refractivity contribution in [3.05, 3.63) is 94.8 Å². The van der Waals surface area contributed by atoms with Crippen molar-refractivity contribution >= 4 is 34.6 Å². The van der Waals surface area contributed by atoms with E-state index in [9.17, 15) is 4.39 Å². The van der Waals surface area contributed by atoms with Gasteiger partial charge in [0.1, 0.15) is 18.2 Å². The summed E-state index contributed by atoms with van der Waals surface area (Å²) in [5.41, 5.74) is 2.87. The first-order valence-corrected chi connectivity index (χ1v) is 9.14. The number of ether oxygens (including phenoxy) is 1. The lowest BCUT2D eigenvalue weighted by atomic mass is 10.2. The molecular formula is C21H18ClFN2OS. The van der Waals surface area contributed by atoms with Crippen LogP contribution in [0.1, 0.15) is 11.1 Å². The Bertz CT molecular complexity index is 884. The molecule has 3 rings (SSSR count). The Balaban J connectivity index is 1.45. The van der Waals surface area contributed by atoms with Crippen molar-refractivity contribution in [2.24, 2.45) is 0 Å². The van der Waals surface area contributed by atoms with E-state index in [0.29, 0.717) is 23.3 Å². The number of nitrogens with one attached hydrogen (secondary N) is 2. The lowest BCUT2D eigenvalue weighted by molar-refractivity contribution is 0.306. The minimum absolute atomic E-state index is 0.251. The number of benzene rings is 3. The average molecular weight is 401 g/mol. The molecule has 138 valence electrons. The van der Waals surface area contributed by atoms with Gasteiger partial charge in [0.15, 0.2) is 5.11 Å². The van der Waals surface area contributed by atoms with E-state index in [0.717, 1.165) is 22.6 Å². The molecule has 0 aromatic heterocycles. The van der Waals surface area contributed by atoms with Crippen molar-refractivity contribution < 1.29 is 9.13 Å². The summed E-state index contributed by atoms with van der Waals surface area (Å²) in [7, 11) is 0. The van der Waals surface area contributed by atoms with Crippen molar-refractivity contribution in [1.29, 1.82) is 0 Å². The lowest BCUT2D eigenvalue weighted by Crippen LogP contribution is -2.27. The van der Waals surface area contributed by atoms with E-state index < -0.39 is 0 Å². The Morgan fingerprint density at radius 2 is 1.52 bits per heavy atom. The van der Waals surface area contributed by atoms with Gasteiger partial charge in [0.25, 0.3) is 0 Å². The predicted molar refractivity (Wildman–Crippen MR) is 112 cm³/mol. The minimum atomic E-state index is -0.251. The van der Waals surface area contributed by atoms with Crippen LogP contribution < -0.4 is 15.4 Å². The first-order valence-electron chi connectivity index (χ1n) is 8.35. The highest BCUT2D eigenvalue weighted by Gasteiger charge is 2.01. The van der Waals surface area contributed by atoms with Crippen LogP contribution in [0.5, 0.6) is 5.75 Å². The minimum Gasteiger partial charge on any atom is -0.489 e. The van der Waals surface area contributed by atoms with Gasteiger partial charge in [-0.25, -0.2) is 4.39 Å². The lowest BCUT2D eigenvalue weighted by Gasteiger charge is -2.11. The van der Waals surface area contributed by atoms with Gasteiger partial charge in [0, 0.05) is 17.3 Å². The van der Waals surface area contributed by atoms with Crippen LogP contribution >= 0.6 is 23.8 Å². The maximum Gasteiger partial charge on any atom is 0.171 e. The highest BCUT2D eigenvalue weighted by molar-refractivity contribution is 7.80. The molecule has 2 N–H and O–H groups in total. The molecule has 0 unspecified atom stereocenters. The third kappa shape index (κ3) is 6.24. The molecule has 0 bridgehead atoms. The van der Waals surface area contributed by atoms with Crippen LogP contribution in [0.25, 0.3) is 0 Å². The maximum absolute atomic E-state index is 12.9. The van der Waals surface area contributed by atoms with Gasteiger partial charge in [-0.1, -0.05) is 35.9 Å². The Kier molecular flexibility index (Phi) is 6.63. The monoisotopic (exact) mass is 400 g/mol. The van der Waals surface area contributed by atoms with E-state index in [1.165, 1.54) is 12.1 Å². The highest BCUT2D eigenvalue weighted by Crippen LogP contribution is 2.15. The summed E-state index contributed by atoms with van der Waals surface area (Å²) in [5, 5.41) is 7.48. The van der Waals surface area contributed by atoms with Crippen molar-refractivity contribution in [2.45, 2.75) is 13.2 Å². The summed E-state index contributed by atoms with van der Waals surface area (Å²) >= 11 is 11.2. The quantitative estimate of drug-likeness (QED) is 0.532. The molecule has 0 spiro atoms. The molecular weight excluding hydrogens is 383 g/mol. The van der Waals surface area contributed by atoms with Crippen molar-refractivity contribution in [1.82, 2.24) is 5.32 Å². The molecule has 0 heterocycles. The van der Waals surface area contributed by atoms with Crippen LogP contribution in [-0.2, 0) is 13.2 Å². The number of halogens is 2. The second-order valence-electron chi connectivity index (χ2n) is 5.87. The fourth-order valence-corrected chi connectivity index (χ4v) is 2.66. The molecule has 0 aliphatic rings. The molecule has 3 nitrogen and oxygen atoms in total. The molecule has 3 aromatic rings. The van der Waals surface area contributed by atoms with Gasteiger partial charge in [0.2, 0.25) is 0 Å². The maximum atomic E-state index is 12.9. The van der Waals surface area contributed by atoms with E-state index in [-0.39, 0.29) is 5.82 Å². The second-order valence-corrected chi connectivity index (χ2v) is 6.72. The molecule has 0 aliphatic heterocycles. The normalized spacial score (nSPS) is 10.3. The van der Waals surface area contributed by atoms with E-state index in [2.05, 4.69) is 10.6 Å². The summed E-state index contributed by atoms with van der Waals surface area (Å²) in [6, 6.07) is 21.3. The number of thiocarbonyl (C=S) groups is 1. The van der Waals surface area contributed by atoms with Crippen molar-refractivity contribution in [2.75, 3.05) is 5.32 Å². The van der Waals surface area contributed by atoms with E-state index in [4.69, 9.17) is 28.6 Å². The van der Waals surface area contributed by atoms with Crippen molar-refractivity contribution in [3.63, 3.8) is 0 Å². The predicted octanol–water partition coefficient (Wildman–Crippen LogP) is 5.54. The van der Waals surface area contributed by atoms with Crippen LogP contribution in [0.4, 0.5) is 10.1 Å². The van der Waals surface area contributed by atoms with Gasteiger partial charge >= 0.3 is 0 Å². The number of hydrogen-bond acceptors (Lipinski definition) is 2. The number of rotatable bonds is 6. The summed E-state index contributed by atoms with van der Waals surface area (Å²) < 4.78 is 18.6. The molecule has 3 aromatic carbocycles. The number of anilines is 1. The van der Waals surface area contributed by atoms with Gasteiger partial charge in [-0.2, -0.15) is 0 Å². The highest BCUT2D eigenvalue weighted by atomic mass is 35.5. The zero-order chi connectivity index (χ0) is 19.1. The Morgan fingerprint density at radius 3 is 2.19 bits per heavy atom. The van der Waals surface area contributed by atoms with E-state index in [1.807, 2.05) is 36.4 Å². The summed E-state index contributed by atoms with van der Waals surface area (Å²) in [6.07, 6.45) is 0. The largest absolute Gasteiger partial charge is 0.489 e. The van der Waals surface area contributed by atoms with Crippen LogP contribution in [0.3, 0.4) is 0 Å². The first kappa shape index (κ1) is 19.1. The third-order valence-electron chi connectivity index (χ3n) is 3.80. The van der Waals surface area contributed by atoms with Crippen LogP contribution in [0.15, 0.2) is 72.8 Å². The Morgan fingerprint density at radius 1 is 0.889 bits per heavy atom. The smallest absolute Gasteiger partial charge is 0.171 e. The van der Waals surface area contributed by atoms with Crippen LogP contribution in [-0.4, -0.2) is 5.11 Å². The summed E-state index contributed by atoms with van der Waals surface area (Å²) in [6.45, 7) is 0.991. The standard InChI is InChI=1S/C21H18ClFN2OS/c22-17-5-9-19(10-6-17)25-21(27)24-13-15-3-11-20(12-4-15)26-14-16-1-7-18(23)8-2-16/h1-12H,13-14H2,(H2,24,25,27). The SMILES string of the molecule is Fc1ccc(COc2ccc(CNC(=S)Nc3ccc(Cl)cc3)cc2)cc1. The third-order valence-corrected chi connectivity index (χ3v) is 4.30. The molecule has 0 saturated carbocycles. The van der Waals surface area contributed by atoms with Gasteiger partial charge in [0.05, 0.1) is 0 Å². The molecule has 0 radical (unpaired) electrons. The number of hydrogen-bond donors (Lipinski definition) is 2. The van der Waals surface area contributed by atoms with Gasteiger partial charge < -0.3 is 15.4 Å². The molecule has 6 heteroatoms. The van der Waals surface area contributed by atoms with E-state index in [1.54, 1.807) is 24.3 Å². The van der Waals surface area contributed by atoms with Gasteiger partial charge in [-0.3, -0.25) is 0 Å². The second kappa shape index (κ2) is 9.35. The molecule has 0 saturated heterocycles. The molecule has 0 aliphatic carbocycles. The molecule has 0 atom stereocenters. The van der Waals surface area contributed by atoms with Crippen LogP contribution in [0.2, 0.25) is 5.02 Å². The fraction of sp³-hybridized carbons (Fsp3) is 0.0952. The summed E-state index contributed by atoms with van der Waals surface area (Å²) in [4.78, 5) is 0. The molecule has 0 amide bonds. The fourth-order valence-electron chi connectivity index (χ4n) is 2.34. The molecule has 27 heavy (non-hydrogen) atoms. The van der Waals surface area contributed by atoms with Crippen LogP contribution in [0, 0.1) is 5.82 Å². The zero-order valence-electron chi connectivity index (χ0n) is 14.4. The first-order chi connectivity index (χ1) is 13.1. The zero-order valence-corrected chi connectivity index (χ0v) is 16.0. The van der Waals surface area contributed by atoms with Gasteiger partial charge in [-0.15, -0.1) is 0 Å². The van der Waals surface area contributed by atoms with E-state index >= 15 is 0 Å². The Labute approximate surface area is 168 Å². The van der Waals surface area contributed by atoms with Crippen molar-refractivity contribution in [3.8, 4) is 5.75 Å². The average Bonchev–Trinajstić information content (AvgIpc) is 2.68.